The molecule has 6 heteroatoms. The highest BCUT2D eigenvalue weighted by molar-refractivity contribution is 5.59. The Morgan fingerprint density at radius 3 is 2.89 bits per heavy atom. The summed E-state index contributed by atoms with van der Waals surface area (Å²) < 4.78 is 0. The lowest BCUT2D eigenvalue weighted by Crippen LogP contribution is -2.44. The van der Waals surface area contributed by atoms with E-state index in [0.717, 1.165) is 25.1 Å². The number of aromatic nitrogens is 1. The predicted molar refractivity (Wildman–Crippen MR) is 74.2 cm³/mol. The molecule has 1 aliphatic heterocycles. The van der Waals surface area contributed by atoms with E-state index in [0.29, 0.717) is 18.3 Å². The van der Waals surface area contributed by atoms with Gasteiger partial charge in [-0.1, -0.05) is 0 Å². The Hall–Kier alpha value is -1.69. The van der Waals surface area contributed by atoms with Crippen molar-refractivity contribution in [2.45, 2.75) is 32.7 Å². The van der Waals surface area contributed by atoms with Crippen molar-refractivity contribution < 1.29 is 4.92 Å². The molecule has 1 aliphatic rings. The highest BCUT2D eigenvalue weighted by atomic mass is 16.6. The molecule has 1 saturated heterocycles. The second kappa shape index (κ2) is 5.52. The number of nitro groups is 1. The highest BCUT2D eigenvalue weighted by Crippen LogP contribution is 2.32. The topological polar surface area (TPSA) is 85.3 Å². The number of nitrogens with zero attached hydrogens (tertiary/aromatic N) is 3. The summed E-state index contributed by atoms with van der Waals surface area (Å²) in [6.07, 6.45) is 2.07. The van der Waals surface area contributed by atoms with E-state index >= 15 is 0 Å². The maximum atomic E-state index is 11.1. The number of piperidine rings is 1. The average Bonchev–Trinajstić information content (AvgIpc) is 2.38. The van der Waals surface area contributed by atoms with Crippen LogP contribution in [0.15, 0.2) is 12.1 Å². The van der Waals surface area contributed by atoms with Crippen LogP contribution in [0.5, 0.6) is 0 Å². The van der Waals surface area contributed by atoms with Crippen LogP contribution >= 0.6 is 0 Å². The minimum atomic E-state index is -0.361. The second-order valence-corrected chi connectivity index (χ2v) is 5.23. The van der Waals surface area contributed by atoms with Crippen LogP contribution < -0.4 is 10.6 Å². The first kappa shape index (κ1) is 13.7. The maximum Gasteiger partial charge on any atom is 0.311 e. The van der Waals surface area contributed by atoms with Crippen LogP contribution in [0.25, 0.3) is 0 Å². The SMILES string of the molecule is Cc1ccc([N+](=O)[O-])c(N2CC(CN)CCC2C)n1. The van der Waals surface area contributed by atoms with E-state index in [1.807, 2.05) is 11.8 Å². The zero-order valence-electron chi connectivity index (χ0n) is 11.4. The fourth-order valence-electron chi connectivity index (χ4n) is 2.56. The molecular weight excluding hydrogens is 244 g/mol. The van der Waals surface area contributed by atoms with Gasteiger partial charge in [0.1, 0.15) is 0 Å². The molecule has 1 aromatic rings. The van der Waals surface area contributed by atoms with E-state index in [1.54, 1.807) is 6.07 Å². The van der Waals surface area contributed by atoms with Gasteiger partial charge in [-0.15, -0.1) is 0 Å². The molecule has 2 atom stereocenters. The quantitative estimate of drug-likeness (QED) is 0.665. The third-order valence-electron chi connectivity index (χ3n) is 3.78. The Balaban J connectivity index is 2.38. The Labute approximate surface area is 112 Å². The van der Waals surface area contributed by atoms with E-state index in [-0.39, 0.29) is 16.7 Å². The van der Waals surface area contributed by atoms with Crippen molar-refractivity contribution in [2.75, 3.05) is 18.0 Å². The molecule has 0 saturated carbocycles. The molecule has 0 spiro atoms. The predicted octanol–water partition coefficient (Wildman–Crippen LogP) is 1.86. The van der Waals surface area contributed by atoms with Crippen LogP contribution in [-0.2, 0) is 0 Å². The van der Waals surface area contributed by atoms with E-state index in [1.165, 1.54) is 6.07 Å². The molecule has 2 N–H and O–H groups in total. The minimum Gasteiger partial charge on any atom is -0.348 e. The Bertz CT molecular complexity index is 478. The van der Waals surface area contributed by atoms with Gasteiger partial charge in [0.25, 0.3) is 0 Å². The van der Waals surface area contributed by atoms with Crippen molar-refractivity contribution in [1.29, 1.82) is 0 Å². The summed E-state index contributed by atoms with van der Waals surface area (Å²) in [6, 6.07) is 3.48. The molecule has 19 heavy (non-hydrogen) atoms. The smallest absolute Gasteiger partial charge is 0.311 e. The van der Waals surface area contributed by atoms with Gasteiger partial charge in [-0.25, -0.2) is 4.98 Å². The Morgan fingerprint density at radius 2 is 2.26 bits per heavy atom. The van der Waals surface area contributed by atoms with Crippen molar-refractivity contribution in [3.63, 3.8) is 0 Å². The molecule has 0 aliphatic carbocycles. The molecule has 2 unspecified atom stereocenters. The monoisotopic (exact) mass is 264 g/mol. The van der Waals surface area contributed by atoms with Gasteiger partial charge in [-0.3, -0.25) is 10.1 Å². The number of aryl methyl sites for hydroxylation is 1. The van der Waals surface area contributed by atoms with E-state index in [4.69, 9.17) is 5.73 Å². The van der Waals surface area contributed by atoms with Crippen LogP contribution in [0, 0.1) is 23.0 Å². The Kier molecular flexibility index (Phi) is 3.99. The lowest BCUT2D eigenvalue weighted by Gasteiger charge is -2.38. The molecule has 0 radical (unpaired) electrons. The third kappa shape index (κ3) is 2.84. The Morgan fingerprint density at radius 1 is 1.53 bits per heavy atom. The first-order chi connectivity index (χ1) is 9.02. The molecule has 2 heterocycles. The number of rotatable bonds is 3. The fourth-order valence-corrected chi connectivity index (χ4v) is 2.56. The number of hydrogen-bond acceptors (Lipinski definition) is 5. The van der Waals surface area contributed by atoms with Crippen molar-refractivity contribution in [2.24, 2.45) is 11.7 Å². The zero-order valence-corrected chi connectivity index (χ0v) is 11.4. The molecule has 1 fully saturated rings. The summed E-state index contributed by atoms with van der Waals surface area (Å²) in [7, 11) is 0. The number of pyridine rings is 1. The van der Waals surface area contributed by atoms with Crippen molar-refractivity contribution >= 4 is 11.5 Å². The van der Waals surface area contributed by atoms with E-state index in [2.05, 4.69) is 11.9 Å². The molecule has 1 aromatic heterocycles. The van der Waals surface area contributed by atoms with Crippen molar-refractivity contribution in [1.82, 2.24) is 4.98 Å². The largest absolute Gasteiger partial charge is 0.348 e. The molecule has 0 aromatic carbocycles. The van der Waals surface area contributed by atoms with Crippen LogP contribution in [0.3, 0.4) is 0 Å². The van der Waals surface area contributed by atoms with Gasteiger partial charge < -0.3 is 10.6 Å². The molecule has 104 valence electrons. The zero-order chi connectivity index (χ0) is 14.0. The van der Waals surface area contributed by atoms with E-state index in [9.17, 15) is 10.1 Å². The summed E-state index contributed by atoms with van der Waals surface area (Å²) in [5, 5.41) is 11.1. The lowest BCUT2D eigenvalue weighted by atomic mass is 9.93. The average molecular weight is 264 g/mol. The summed E-state index contributed by atoms with van der Waals surface area (Å²) >= 11 is 0. The summed E-state index contributed by atoms with van der Waals surface area (Å²) in [6.45, 7) is 5.29. The molecule has 2 rings (SSSR count). The van der Waals surface area contributed by atoms with Gasteiger partial charge in [0.2, 0.25) is 5.82 Å². The normalized spacial score (nSPS) is 23.4. The van der Waals surface area contributed by atoms with E-state index < -0.39 is 0 Å². The molecule has 6 nitrogen and oxygen atoms in total. The third-order valence-corrected chi connectivity index (χ3v) is 3.78. The first-order valence-electron chi connectivity index (χ1n) is 6.61. The lowest BCUT2D eigenvalue weighted by molar-refractivity contribution is -0.384. The molecule has 0 bridgehead atoms. The second-order valence-electron chi connectivity index (χ2n) is 5.23. The molecule has 0 amide bonds. The number of anilines is 1. The van der Waals surface area contributed by atoms with Gasteiger partial charge in [-0.2, -0.15) is 0 Å². The van der Waals surface area contributed by atoms with Crippen LogP contribution in [0.1, 0.15) is 25.5 Å². The van der Waals surface area contributed by atoms with Gasteiger partial charge in [0, 0.05) is 24.3 Å². The van der Waals surface area contributed by atoms with Crippen LogP contribution in [-0.4, -0.2) is 29.0 Å². The van der Waals surface area contributed by atoms with Gasteiger partial charge in [-0.05, 0) is 45.2 Å². The number of nitrogens with two attached hydrogens (primary N) is 1. The van der Waals surface area contributed by atoms with Crippen molar-refractivity contribution in [3.8, 4) is 0 Å². The summed E-state index contributed by atoms with van der Waals surface area (Å²) in [4.78, 5) is 17.2. The summed E-state index contributed by atoms with van der Waals surface area (Å²) in [5.41, 5.74) is 6.61. The standard InChI is InChI=1S/C13H20N4O2/c1-9-3-6-12(17(18)19)13(15-9)16-8-11(7-14)5-4-10(16)2/h3,6,10-11H,4-5,7-8,14H2,1-2H3. The van der Waals surface area contributed by atoms with Gasteiger partial charge in [0.05, 0.1) is 4.92 Å². The number of hydrogen-bond donors (Lipinski definition) is 1. The van der Waals surface area contributed by atoms with Gasteiger partial charge >= 0.3 is 5.69 Å². The van der Waals surface area contributed by atoms with Crippen molar-refractivity contribution in [3.05, 3.63) is 27.9 Å². The van der Waals surface area contributed by atoms with Crippen LogP contribution in [0.4, 0.5) is 11.5 Å². The highest BCUT2D eigenvalue weighted by Gasteiger charge is 2.30. The van der Waals surface area contributed by atoms with Crippen LogP contribution in [0.2, 0.25) is 0 Å². The molecular formula is C13H20N4O2. The minimum absolute atomic E-state index is 0.0788. The first-order valence-corrected chi connectivity index (χ1v) is 6.61. The van der Waals surface area contributed by atoms with Gasteiger partial charge in [0.15, 0.2) is 0 Å². The fraction of sp³-hybridized carbons (Fsp3) is 0.615. The summed E-state index contributed by atoms with van der Waals surface area (Å²) in [5.74, 6) is 0.869. The maximum absolute atomic E-state index is 11.1.